The molecule has 0 aliphatic heterocycles. The third-order valence-electron chi connectivity index (χ3n) is 7.06. The Kier molecular flexibility index (Phi) is 9.45. The highest BCUT2D eigenvalue weighted by Gasteiger charge is 2.25. The van der Waals surface area contributed by atoms with E-state index in [1.165, 1.54) is 12.1 Å². The standard InChI is InChI=1S/C31H30F6O3/c1-3-5-23(38)22-11-10-19(26(32)29(22)35)18-8-6-17(7-9-18)16-40-25-15-13-21(28(34)31(25)37)20-12-14-24(39-4-2)30(36)27(20)33/h8,10-15,17,23,38H,3-7,9,16H2,1-2H3. The molecule has 0 aromatic heterocycles. The summed E-state index contributed by atoms with van der Waals surface area (Å²) in [7, 11) is 0. The maximum atomic E-state index is 14.8. The summed E-state index contributed by atoms with van der Waals surface area (Å²) in [4.78, 5) is 0. The fourth-order valence-electron chi connectivity index (χ4n) is 4.85. The minimum atomic E-state index is -1.38. The molecule has 0 heterocycles. The molecule has 0 saturated carbocycles. The normalized spacial score (nSPS) is 16.0. The molecule has 0 fully saturated rings. The van der Waals surface area contributed by atoms with Crippen molar-refractivity contribution < 1.29 is 40.9 Å². The summed E-state index contributed by atoms with van der Waals surface area (Å²) in [5.74, 6) is -8.22. The number of hydrogen-bond acceptors (Lipinski definition) is 3. The first kappa shape index (κ1) is 29.5. The maximum Gasteiger partial charge on any atom is 0.201 e. The van der Waals surface area contributed by atoms with Crippen LogP contribution in [-0.4, -0.2) is 18.3 Å². The number of benzene rings is 3. The van der Waals surface area contributed by atoms with Crippen molar-refractivity contribution in [2.75, 3.05) is 13.2 Å². The summed E-state index contributed by atoms with van der Waals surface area (Å²) in [5, 5.41) is 10.1. The van der Waals surface area contributed by atoms with Gasteiger partial charge in [-0.05, 0) is 68.4 Å². The summed E-state index contributed by atoms with van der Waals surface area (Å²) in [5.41, 5.74) is -0.231. The molecule has 1 aliphatic rings. The van der Waals surface area contributed by atoms with Crippen molar-refractivity contribution in [3.8, 4) is 22.6 Å². The SMILES string of the molecule is CCCC(O)c1ccc(C2=CCC(COc3ccc(-c4ccc(OCC)c(F)c4F)c(F)c3F)CC2)c(F)c1F. The topological polar surface area (TPSA) is 38.7 Å². The molecule has 0 bridgehead atoms. The van der Waals surface area contributed by atoms with E-state index in [1.54, 1.807) is 13.0 Å². The van der Waals surface area contributed by atoms with Gasteiger partial charge in [-0.3, -0.25) is 0 Å². The molecular weight excluding hydrogens is 534 g/mol. The van der Waals surface area contributed by atoms with Crippen LogP contribution in [0, 0.1) is 40.8 Å². The summed E-state index contributed by atoms with van der Waals surface area (Å²) in [6.45, 7) is 3.58. The third-order valence-corrected chi connectivity index (χ3v) is 7.06. The first-order chi connectivity index (χ1) is 19.2. The minimum absolute atomic E-state index is 0.0323. The number of halogens is 6. The van der Waals surface area contributed by atoms with E-state index in [2.05, 4.69) is 0 Å². The van der Waals surface area contributed by atoms with Crippen molar-refractivity contribution in [3.05, 3.63) is 88.5 Å². The fourth-order valence-corrected chi connectivity index (χ4v) is 4.85. The second-order valence-corrected chi connectivity index (χ2v) is 9.73. The molecule has 2 atom stereocenters. The highest BCUT2D eigenvalue weighted by Crippen LogP contribution is 2.37. The lowest BCUT2D eigenvalue weighted by atomic mass is 9.86. The molecule has 9 heteroatoms. The van der Waals surface area contributed by atoms with Crippen LogP contribution in [0.15, 0.2) is 42.5 Å². The van der Waals surface area contributed by atoms with Gasteiger partial charge in [0.1, 0.15) is 0 Å². The average molecular weight is 565 g/mol. The monoisotopic (exact) mass is 564 g/mol. The van der Waals surface area contributed by atoms with Crippen LogP contribution in [0.1, 0.15) is 63.2 Å². The quantitative estimate of drug-likeness (QED) is 0.251. The first-order valence-corrected chi connectivity index (χ1v) is 13.2. The van der Waals surface area contributed by atoms with Gasteiger partial charge in [-0.2, -0.15) is 8.78 Å². The zero-order valence-corrected chi connectivity index (χ0v) is 22.2. The first-order valence-electron chi connectivity index (χ1n) is 13.2. The predicted octanol–water partition coefficient (Wildman–Crippen LogP) is 8.68. The summed E-state index contributed by atoms with van der Waals surface area (Å²) < 4.78 is 98.2. The molecule has 3 aromatic carbocycles. The van der Waals surface area contributed by atoms with Crippen molar-refractivity contribution >= 4 is 5.57 Å². The Morgan fingerprint density at radius 2 is 1.32 bits per heavy atom. The van der Waals surface area contributed by atoms with Gasteiger partial charge < -0.3 is 14.6 Å². The van der Waals surface area contributed by atoms with E-state index in [9.17, 15) is 31.4 Å². The number of aliphatic hydroxyl groups excluding tert-OH is 1. The minimum Gasteiger partial charge on any atom is -0.491 e. The maximum absolute atomic E-state index is 14.8. The van der Waals surface area contributed by atoms with Gasteiger partial charge >= 0.3 is 0 Å². The van der Waals surface area contributed by atoms with E-state index >= 15 is 0 Å². The number of rotatable bonds is 10. The van der Waals surface area contributed by atoms with E-state index in [-0.39, 0.29) is 41.8 Å². The van der Waals surface area contributed by atoms with Crippen LogP contribution in [0.4, 0.5) is 26.3 Å². The number of aliphatic hydroxyl groups is 1. The Balaban J connectivity index is 1.43. The van der Waals surface area contributed by atoms with Crippen LogP contribution in [0.25, 0.3) is 16.7 Å². The van der Waals surface area contributed by atoms with Crippen molar-refractivity contribution in [1.82, 2.24) is 0 Å². The molecule has 4 rings (SSSR count). The molecule has 0 amide bonds. The molecule has 40 heavy (non-hydrogen) atoms. The molecule has 2 unspecified atom stereocenters. The predicted molar refractivity (Wildman–Crippen MR) is 140 cm³/mol. The van der Waals surface area contributed by atoms with Crippen molar-refractivity contribution in [2.24, 2.45) is 5.92 Å². The summed E-state index contributed by atoms with van der Waals surface area (Å²) >= 11 is 0. The molecule has 214 valence electrons. The van der Waals surface area contributed by atoms with Crippen LogP contribution in [0.2, 0.25) is 0 Å². The Hall–Kier alpha value is -3.46. The van der Waals surface area contributed by atoms with Crippen LogP contribution < -0.4 is 9.47 Å². The van der Waals surface area contributed by atoms with Crippen molar-refractivity contribution in [1.29, 1.82) is 0 Å². The van der Waals surface area contributed by atoms with E-state index in [4.69, 9.17) is 9.47 Å². The number of ether oxygens (including phenoxy) is 2. The third kappa shape index (κ3) is 5.99. The van der Waals surface area contributed by atoms with Gasteiger partial charge in [0.25, 0.3) is 0 Å². The largest absolute Gasteiger partial charge is 0.491 e. The van der Waals surface area contributed by atoms with Gasteiger partial charge in [0.15, 0.2) is 34.8 Å². The second-order valence-electron chi connectivity index (χ2n) is 9.73. The molecule has 0 radical (unpaired) electrons. The second kappa shape index (κ2) is 12.8. The molecule has 1 N–H and O–H groups in total. The van der Waals surface area contributed by atoms with Crippen LogP contribution in [-0.2, 0) is 0 Å². The van der Waals surface area contributed by atoms with Gasteiger partial charge in [0, 0.05) is 22.3 Å². The van der Waals surface area contributed by atoms with Gasteiger partial charge in [-0.1, -0.05) is 31.6 Å². The fraction of sp³-hybridized carbons (Fsp3) is 0.355. The van der Waals surface area contributed by atoms with E-state index in [0.29, 0.717) is 37.7 Å². The summed E-state index contributed by atoms with van der Waals surface area (Å²) in [6.07, 6.45) is 3.03. The highest BCUT2D eigenvalue weighted by molar-refractivity contribution is 5.68. The van der Waals surface area contributed by atoms with Crippen molar-refractivity contribution in [3.63, 3.8) is 0 Å². The Bertz CT molecular complexity index is 1400. The molecule has 0 saturated heterocycles. The molecule has 1 aliphatic carbocycles. The smallest absolute Gasteiger partial charge is 0.201 e. The van der Waals surface area contributed by atoms with Gasteiger partial charge in [0.2, 0.25) is 11.6 Å². The highest BCUT2D eigenvalue weighted by atomic mass is 19.2. The van der Waals surface area contributed by atoms with Gasteiger partial charge in [-0.15, -0.1) is 0 Å². The van der Waals surface area contributed by atoms with Crippen LogP contribution >= 0.6 is 0 Å². The van der Waals surface area contributed by atoms with E-state index < -0.39 is 52.1 Å². The number of hydrogen-bond donors (Lipinski definition) is 1. The lowest BCUT2D eigenvalue weighted by molar-refractivity contribution is 0.160. The Morgan fingerprint density at radius 3 is 1.88 bits per heavy atom. The van der Waals surface area contributed by atoms with Gasteiger partial charge in [-0.25, -0.2) is 17.6 Å². The molecule has 0 spiro atoms. The van der Waals surface area contributed by atoms with Crippen molar-refractivity contribution in [2.45, 2.75) is 52.1 Å². The number of allylic oxidation sites excluding steroid dienone is 2. The Morgan fingerprint density at radius 1 is 0.750 bits per heavy atom. The van der Waals surface area contributed by atoms with Crippen LogP contribution in [0.3, 0.4) is 0 Å². The summed E-state index contributed by atoms with van der Waals surface area (Å²) in [6, 6.07) is 7.39. The molecule has 3 aromatic rings. The van der Waals surface area contributed by atoms with E-state index in [0.717, 1.165) is 24.3 Å². The molecule has 3 nitrogen and oxygen atoms in total. The Labute approximate surface area is 229 Å². The van der Waals surface area contributed by atoms with E-state index in [1.807, 2.05) is 6.92 Å². The zero-order chi connectivity index (χ0) is 29.0. The van der Waals surface area contributed by atoms with Crippen LogP contribution in [0.5, 0.6) is 11.5 Å². The average Bonchev–Trinajstić information content (AvgIpc) is 2.94. The van der Waals surface area contributed by atoms with Gasteiger partial charge in [0.05, 0.1) is 19.3 Å². The zero-order valence-electron chi connectivity index (χ0n) is 22.2. The molecular formula is C31H30F6O3. The lowest BCUT2D eigenvalue weighted by Gasteiger charge is -2.23. The lowest BCUT2D eigenvalue weighted by Crippen LogP contribution is -2.16.